The third-order valence-electron chi connectivity index (χ3n) is 3.47. The highest BCUT2D eigenvalue weighted by atomic mass is 16.6. The van der Waals surface area contributed by atoms with Gasteiger partial charge in [0.15, 0.2) is 12.7 Å². The summed E-state index contributed by atoms with van der Waals surface area (Å²) in [6.45, 7) is 1.19. The first kappa shape index (κ1) is 18.0. The topological polar surface area (TPSA) is 79.6 Å². The number of carbonyl (C=O) groups excluding carboxylic acids is 2. The lowest BCUT2D eigenvalue weighted by Crippen LogP contribution is -2.38. The first-order chi connectivity index (χ1) is 12.0. The van der Waals surface area contributed by atoms with E-state index in [1.165, 1.54) is 11.8 Å². The summed E-state index contributed by atoms with van der Waals surface area (Å²) < 4.78 is 10.4. The highest BCUT2D eigenvalue weighted by Crippen LogP contribution is 2.14. The predicted octanol–water partition coefficient (Wildman–Crippen LogP) is 2.53. The average molecular weight is 338 g/mol. The van der Waals surface area contributed by atoms with Crippen LogP contribution in [0.3, 0.4) is 0 Å². The number of anilines is 1. The van der Waals surface area contributed by atoms with Gasteiger partial charge in [-0.3, -0.25) is 4.79 Å². The molecule has 0 heterocycles. The van der Waals surface area contributed by atoms with Crippen molar-refractivity contribution >= 4 is 17.6 Å². The van der Waals surface area contributed by atoms with Gasteiger partial charge >= 0.3 is 5.97 Å². The van der Waals surface area contributed by atoms with Crippen LogP contribution in [-0.2, 0) is 14.3 Å². The van der Waals surface area contributed by atoms with E-state index < -0.39 is 12.1 Å². The molecule has 2 aromatic rings. The van der Waals surface area contributed by atoms with Crippen LogP contribution in [0.4, 0.5) is 5.69 Å². The van der Waals surface area contributed by atoms with Crippen LogP contribution in [0.25, 0.3) is 0 Å². The molecule has 6 heteroatoms. The average Bonchev–Trinajstić information content (AvgIpc) is 2.66. The van der Waals surface area contributed by atoms with Crippen LogP contribution in [-0.4, -0.2) is 31.6 Å². The van der Waals surface area contributed by atoms with Gasteiger partial charge in [-0.25, -0.2) is 4.79 Å². The molecular weight excluding hydrogens is 320 g/mol. The Morgan fingerprint density at radius 2 is 1.76 bits per heavy atom. The molecule has 0 fully saturated rings. The Kier molecular flexibility index (Phi) is 6.13. The summed E-state index contributed by atoms with van der Waals surface area (Å²) >= 11 is 0. The third kappa shape index (κ3) is 5.08. The van der Waals surface area contributed by atoms with E-state index in [0.29, 0.717) is 17.0 Å². The number of rotatable bonds is 6. The molecule has 0 saturated heterocycles. The van der Waals surface area contributed by atoms with Gasteiger partial charge in [-0.05, 0) is 43.3 Å². The molecule has 0 aliphatic rings. The number of ether oxygens (including phenoxy) is 2. The molecule has 0 radical (unpaired) electrons. The van der Waals surface area contributed by atoms with E-state index in [4.69, 9.17) is 14.7 Å². The second-order valence-electron chi connectivity index (χ2n) is 5.29. The number of nitriles is 1. The van der Waals surface area contributed by atoms with E-state index in [-0.39, 0.29) is 12.5 Å². The molecule has 2 aromatic carbocycles. The molecule has 1 atom stereocenters. The van der Waals surface area contributed by atoms with E-state index >= 15 is 0 Å². The van der Waals surface area contributed by atoms with Gasteiger partial charge in [0.2, 0.25) is 0 Å². The third-order valence-corrected chi connectivity index (χ3v) is 3.47. The smallest absolute Gasteiger partial charge is 0.344 e. The first-order valence-corrected chi connectivity index (χ1v) is 7.66. The van der Waals surface area contributed by atoms with Crippen LogP contribution in [0.2, 0.25) is 0 Å². The van der Waals surface area contributed by atoms with E-state index in [1.807, 2.05) is 24.3 Å². The van der Waals surface area contributed by atoms with Crippen molar-refractivity contribution in [3.05, 3.63) is 60.2 Å². The van der Waals surface area contributed by atoms with E-state index in [0.717, 1.165) is 0 Å². The summed E-state index contributed by atoms with van der Waals surface area (Å²) in [5.41, 5.74) is 1.21. The summed E-state index contributed by atoms with van der Waals surface area (Å²) in [4.78, 5) is 25.6. The van der Waals surface area contributed by atoms with Crippen LogP contribution in [0, 0.1) is 11.3 Å². The Balaban J connectivity index is 1.84. The summed E-state index contributed by atoms with van der Waals surface area (Å²) in [5.74, 6) is -0.541. The minimum Gasteiger partial charge on any atom is -0.482 e. The Morgan fingerprint density at radius 3 is 2.36 bits per heavy atom. The highest BCUT2D eigenvalue weighted by molar-refractivity contribution is 5.96. The number of hydrogen-bond acceptors (Lipinski definition) is 5. The van der Waals surface area contributed by atoms with Gasteiger partial charge in [0.25, 0.3) is 5.91 Å². The lowest BCUT2D eigenvalue weighted by Gasteiger charge is -2.21. The number of hydrogen-bond donors (Lipinski definition) is 0. The Hall–Kier alpha value is -3.33. The van der Waals surface area contributed by atoms with Gasteiger partial charge in [0, 0.05) is 12.7 Å². The molecule has 0 N–H and O–H groups in total. The molecule has 25 heavy (non-hydrogen) atoms. The minimum absolute atomic E-state index is 0.321. The Bertz CT molecular complexity index is 766. The monoisotopic (exact) mass is 338 g/mol. The summed E-state index contributed by atoms with van der Waals surface area (Å²) in [5, 5.41) is 8.72. The van der Waals surface area contributed by atoms with Crippen molar-refractivity contribution in [2.45, 2.75) is 13.0 Å². The largest absolute Gasteiger partial charge is 0.482 e. The summed E-state index contributed by atoms with van der Waals surface area (Å²) in [6, 6.07) is 17.4. The molecule has 2 rings (SSSR count). The molecular formula is C19H18N2O4. The van der Waals surface area contributed by atoms with Crippen LogP contribution in [0.5, 0.6) is 5.75 Å². The van der Waals surface area contributed by atoms with E-state index in [2.05, 4.69) is 0 Å². The van der Waals surface area contributed by atoms with Crippen LogP contribution < -0.4 is 9.64 Å². The maximum Gasteiger partial charge on any atom is 0.344 e. The van der Waals surface area contributed by atoms with E-state index in [1.54, 1.807) is 43.4 Å². The number of amides is 1. The first-order valence-electron chi connectivity index (χ1n) is 7.66. The van der Waals surface area contributed by atoms with E-state index in [9.17, 15) is 9.59 Å². The number of para-hydroxylation sites is 1. The van der Waals surface area contributed by atoms with Crippen LogP contribution >= 0.6 is 0 Å². The molecule has 0 aromatic heterocycles. The molecule has 6 nitrogen and oxygen atoms in total. The predicted molar refractivity (Wildman–Crippen MR) is 92.1 cm³/mol. The van der Waals surface area contributed by atoms with Gasteiger partial charge in [-0.1, -0.05) is 18.2 Å². The number of nitrogens with zero attached hydrogens (tertiary/aromatic N) is 2. The zero-order valence-corrected chi connectivity index (χ0v) is 14.0. The molecule has 0 spiro atoms. The zero-order chi connectivity index (χ0) is 18.2. The quantitative estimate of drug-likeness (QED) is 0.756. The van der Waals surface area contributed by atoms with Crippen molar-refractivity contribution in [1.82, 2.24) is 0 Å². The number of esters is 1. The number of benzene rings is 2. The second kappa shape index (κ2) is 8.50. The zero-order valence-electron chi connectivity index (χ0n) is 14.0. The fourth-order valence-corrected chi connectivity index (χ4v) is 2.10. The molecule has 128 valence electrons. The minimum atomic E-state index is -0.928. The van der Waals surface area contributed by atoms with Gasteiger partial charge in [-0.15, -0.1) is 0 Å². The number of likely N-dealkylation sites (N-methyl/N-ethyl adjacent to an activating group) is 1. The fourth-order valence-electron chi connectivity index (χ4n) is 2.10. The Labute approximate surface area is 146 Å². The molecule has 0 bridgehead atoms. The summed E-state index contributed by atoms with van der Waals surface area (Å²) in [6.07, 6.45) is -0.928. The SMILES string of the molecule is C[C@@H](OC(=O)COc1ccc(C#N)cc1)C(=O)N(C)c1ccccc1. The standard InChI is InChI=1S/C19H18N2O4/c1-14(19(23)21(2)16-6-4-3-5-7-16)25-18(22)13-24-17-10-8-15(12-20)9-11-17/h3-11,14H,13H2,1-2H3/t14-/m1/s1. The molecule has 1 amide bonds. The highest BCUT2D eigenvalue weighted by Gasteiger charge is 2.22. The van der Waals surface area contributed by atoms with Gasteiger partial charge < -0.3 is 14.4 Å². The van der Waals surface area contributed by atoms with Crippen molar-refractivity contribution in [3.63, 3.8) is 0 Å². The lowest BCUT2D eigenvalue weighted by atomic mass is 10.2. The van der Waals surface area contributed by atoms with Crippen molar-refractivity contribution in [1.29, 1.82) is 5.26 Å². The maximum absolute atomic E-state index is 12.3. The van der Waals surface area contributed by atoms with Crippen LogP contribution in [0.15, 0.2) is 54.6 Å². The molecule has 0 saturated carbocycles. The van der Waals surface area contributed by atoms with Crippen molar-refractivity contribution < 1.29 is 19.1 Å². The summed E-state index contributed by atoms with van der Waals surface area (Å²) in [7, 11) is 1.62. The molecule has 0 aliphatic carbocycles. The van der Waals surface area contributed by atoms with Gasteiger partial charge in [0.1, 0.15) is 5.75 Å². The lowest BCUT2D eigenvalue weighted by molar-refractivity contribution is -0.155. The Morgan fingerprint density at radius 1 is 1.12 bits per heavy atom. The van der Waals surface area contributed by atoms with Gasteiger partial charge in [0.05, 0.1) is 11.6 Å². The van der Waals surface area contributed by atoms with Crippen molar-refractivity contribution in [3.8, 4) is 11.8 Å². The fraction of sp³-hybridized carbons (Fsp3) is 0.211. The molecule has 0 unspecified atom stereocenters. The number of carbonyl (C=O) groups is 2. The molecule has 0 aliphatic heterocycles. The van der Waals surface area contributed by atoms with Crippen LogP contribution in [0.1, 0.15) is 12.5 Å². The van der Waals surface area contributed by atoms with Crippen molar-refractivity contribution in [2.24, 2.45) is 0 Å². The normalized spacial score (nSPS) is 11.1. The van der Waals surface area contributed by atoms with Crippen molar-refractivity contribution in [2.75, 3.05) is 18.6 Å². The second-order valence-corrected chi connectivity index (χ2v) is 5.29. The maximum atomic E-state index is 12.3. The van der Waals surface area contributed by atoms with Gasteiger partial charge in [-0.2, -0.15) is 5.26 Å².